The minimum Gasteiger partial charge on any atom is -0.551 e. The highest BCUT2D eigenvalue weighted by Gasteiger charge is 2.45. The van der Waals surface area contributed by atoms with Gasteiger partial charge in [0.25, 0.3) is 0 Å². The maximum Gasteiger partial charge on any atom is 0.432 e. The van der Waals surface area contributed by atoms with E-state index in [1.54, 1.807) is 0 Å². The van der Waals surface area contributed by atoms with Crippen LogP contribution in [-0.2, 0) is 0 Å². The van der Waals surface area contributed by atoms with Crippen LogP contribution in [0.3, 0.4) is 0 Å². The molecule has 12 rings (SSSR count). The maximum atomic E-state index is 7.29. The van der Waals surface area contributed by atoms with Gasteiger partial charge >= 0.3 is 6.92 Å². The Bertz CT molecular complexity index is 3120. The van der Waals surface area contributed by atoms with Crippen molar-refractivity contribution in [3.05, 3.63) is 194 Å². The number of furan rings is 1. The largest absolute Gasteiger partial charge is 0.551 e. The van der Waals surface area contributed by atoms with Gasteiger partial charge in [-0.15, -0.1) is 0 Å². The summed E-state index contributed by atoms with van der Waals surface area (Å²) >= 11 is 0. The highest BCUT2D eigenvalue weighted by Crippen LogP contribution is 2.50. The maximum absolute atomic E-state index is 7.29. The molecule has 10 aromatic rings. The third-order valence-electron chi connectivity index (χ3n) is 11.6. The molecular formula is C52H32BNO2. The molecule has 0 unspecified atom stereocenters. The number of anilines is 3. The van der Waals surface area contributed by atoms with Crippen molar-refractivity contribution in [2.45, 2.75) is 0 Å². The van der Waals surface area contributed by atoms with Gasteiger partial charge in [-0.1, -0.05) is 146 Å². The lowest BCUT2D eigenvalue weighted by atomic mass is 9.48. The van der Waals surface area contributed by atoms with Crippen LogP contribution in [-0.4, -0.2) is 6.92 Å². The van der Waals surface area contributed by atoms with Crippen LogP contribution in [0.5, 0.6) is 5.75 Å². The second-order valence-electron chi connectivity index (χ2n) is 14.8. The summed E-state index contributed by atoms with van der Waals surface area (Å²) in [5, 5.41) is 4.53. The second-order valence-corrected chi connectivity index (χ2v) is 14.8. The number of hydrogen-bond donors (Lipinski definition) is 0. The predicted octanol–water partition coefficient (Wildman–Crippen LogP) is 12.7. The molecule has 0 N–H and O–H groups in total. The summed E-state index contributed by atoms with van der Waals surface area (Å²) in [5.74, 6) is 0.880. The zero-order chi connectivity index (χ0) is 36.7. The Labute approximate surface area is 324 Å². The second kappa shape index (κ2) is 12.1. The number of fused-ring (bicyclic) bond motifs is 10. The molecule has 4 heteroatoms. The molecule has 2 aliphatic rings. The molecule has 3 heterocycles. The normalized spacial score (nSPS) is 12.7. The van der Waals surface area contributed by atoms with Gasteiger partial charge in [0, 0.05) is 38.6 Å². The van der Waals surface area contributed by atoms with E-state index >= 15 is 0 Å². The Morgan fingerprint density at radius 3 is 1.75 bits per heavy atom. The van der Waals surface area contributed by atoms with Gasteiger partial charge in [0.1, 0.15) is 11.3 Å². The summed E-state index contributed by atoms with van der Waals surface area (Å²) < 4.78 is 14.3. The van der Waals surface area contributed by atoms with Crippen molar-refractivity contribution in [3.63, 3.8) is 0 Å². The van der Waals surface area contributed by atoms with E-state index in [2.05, 4.69) is 199 Å². The van der Waals surface area contributed by atoms with E-state index in [0.29, 0.717) is 0 Å². The summed E-state index contributed by atoms with van der Waals surface area (Å²) in [5.41, 5.74) is 16.3. The first-order chi connectivity index (χ1) is 27.8. The van der Waals surface area contributed by atoms with E-state index in [1.165, 1.54) is 16.3 Å². The van der Waals surface area contributed by atoms with E-state index < -0.39 is 0 Å². The van der Waals surface area contributed by atoms with Gasteiger partial charge in [-0.05, 0) is 98.2 Å². The minimum absolute atomic E-state index is 0.365. The number of nitrogens with zero attached hydrogens (tertiary/aromatic N) is 1. The zero-order valence-corrected chi connectivity index (χ0v) is 30.3. The van der Waals surface area contributed by atoms with E-state index in [4.69, 9.17) is 9.07 Å². The van der Waals surface area contributed by atoms with Gasteiger partial charge in [0.2, 0.25) is 0 Å². The summed E-state index contributed by atoms with van der Waals surface area (Å²) in [4.78, 5) is 2.45. The molecular weight excluding hydrogens is 681 g/mol. The van der Waals surface area contributed by atoms with Gasteiger partial charge in [-0.25, -0.2) is 0 Å². The predicted molar refractivity (Wildman–Crippen MR) is 233 cm³/mol. The van der Waals surface area contributed by atoms with Crippen LogP contribution < -0.4 is 20.5 Å². The van der Waals surface area contributed by atoms with Crippen molar-refractivity contribution in [1.29, 1.82) is 0 Å². The van der Waals surface area contributed by atoms with Crippen LogP contribution >= 0.6 is 0 Å². The molecule has 0 atom stereocenters. The lowest BCUT2D eigenvalue weighted by molar-refractivity contribution is 0.590. The Balaban J connectivity index is 1.23. The molecule has 0 radical (unpaired) electrons. The average molecular weight is 714 g/mol. The van der Waals surface area contributed by atoms with Crippen molar-refractivity contribution in [2.24, 2.45) is 0 Å². The molecule has 0 amide bonds. The van der Waals surface area contributed by atoms with E-state index in [9.17, 15) is 0 Å². The first-order valence-electron chi connectivity index (χ1n) is 19.2. The van der Waals surface area contributed by atoms with E-state index in [0.717, 1.165) is 94.6 Å². The van der Waals surface area contributed by atoms with Crippen LogP contribution in [0.4, 0.5) is 17.1 Å². The summed E-state index contributed by atoms with van der Waals surface area (Å²) in [7, 11) is 0. The van der Waals surface area contributed by atoms with Crippen LogP contribution in [0.25, 0.3) is 77.2 Å². The number of para-hydroxylation sites is 1. The summed E-state index contributed by atoms with van der Waals surface area (Å²) in [6.45, 7) is -0.365. The quantitative estimate of drug-likeness (QED) is 0.170. The lowest BCUT2D eigenvalue weighted by Gasteiger charge is -2.40. The molecule has 0 saturated heterocycles. The Kier molecular flexibility index (Phi) is 6.72. The van der Waals surface area contributed by atoms with E-state index in [-0.39, 0.29) is 6.92 Å². The fourth-order valence-corrected chi connectivity index (χ4v) is 9.09. The van der Waals surface area contributed by atoms with Gasteiger partial charge < -0.3 is 14.0 Å². The molecule has 260 valence electrons. The van der Waals surface area contributed by atoms with E-state index in [1.807, 2.05) is 0 Å². The van der Waals surface area contributed by atoms with Crippen LogP contribution in [0, 0.1) is 0 Å². The fraction of sp³-hybridized carbons (Fsp3) is 0. The summed E-state index contributed by atoms with van der Waals surface area (Å²) in [6, 6.07) is 69.6. The molecule has 0 bridgehead atoms. The smallest absolute Gasteiger partial charge is 0.432 e. The van der Waals surface area contributed by atoms with Crippen LogP contribution in [0.1, 0.15) is 0 Å². The van der Waals surface area contributed by atoms with Crippen LogP contribution in [0.2, 0.25) is 0 Å². The van der Waals surface area contributed by atoms with Gasteiger partial charge in [0.05, 0.1) is 5.69 Å². The van der Waals surface area contributed by atoms with Crippen molar-refractivity contribution >= 4 is 67.6 Å². The molecule has 9 aromatic carbocycles. The number of hydrogen-bond acceptors (Lipinski definition) is 3. The fourth-order valence-electron chi connectivity index (χ4n) is 9.09. The third kappa shape index (κ3) is 4.66. The zero-order valence-electron chi connectivity index (χ0n) is 30.3. The number of benzene rings is 9. The Morgan fingerprint density at radius 2 is 1.04 bits per heavy atom. The topological polar surface area (TPSA) is 25.6 Å². The van der Waals surface area contributed by atoms with Crippen molar-refractivity contribution in [3.8, 4) is 50.3 Å². The molecule has 0 fully saturated rings. The van der Waals surface area contributed by atoms with Crippen molar-refractivity contribution < 1.29 is 9.07 Å². The highest BCUT2D eigenvalue weighted by molar-refractivity contribution is 6.87. The average Bonchev–Trinajstić information content (AvgIpc) is 3.65. The minimum atomic E-state index is -0.365. The van der Waals surface area contributed by atoms with Crippen molar-refractivity contribution in [2.75, 3.05) is 4.90 Å². The van der Waals surface area contributed by atoms with Gasteiger partial charge in [-0.2, -0.15) is 0 Å². The first-order valence-corrected chi connectivity index (χ1v) is 19.2. The SMILES string of the molecule is c1ccc(-c2cc(-c3ccccc3)cc(N3c4ccc5ccccc5c4B4Oc5ccc(-c6ccccc6)cc5-c5cc6c(oc7ccccc76)c3c54)c2)cc1. The number of rotatable bonds is 4. The molecule has 56 heavy (non-hydrogen) atoms. The molecule has 1 aromatic heterocycles. The van der Waals surface area contributed by atoms with Gasteiger partial charge in [-0.3, -0.25) is 0 Å². The van der Waals surface area contributed by atoms with Crippen LogP contribution in [0.15, 0.2) is 199 Å². The Hall–Kier alpha value is -7.30. The lowest BCUT2D eigenvalue weighted by Crippen LogP contribution is -2.56. The van der Waals surface area contributed by atoms with Gasteiger partial charge in [0.15, 0.2) is 5.58 Å². The standard InChI is InChI=1S/C52H32BNO2/c1-4-14-33(15-5-1)37-25-27-48-43(31-37)44-32-45-42-22-12-13-23-47(42)55-52(45)51-50(44)53(56-48)49-41-21-11-10-20-36(41)24-26-46(49)54(51)40-29-38(34-16-6-2-7-17-34)28-39(30-40)35-18-8-3-9-19-35/h1-32H. The summed E-state index contributed by atoms with van der Waals surface area (Å²) in [6.07, 6.45) is 0. The first kappa shape index (κ1) is 31.1. The molecule has 0 spiro atoms. The highest BCUT2D eigenvalue weighted by atomic mass is 16.4. The molecule has 0 aliphatic carbocycles. The third-order valence-corrected chi connectivity index (χ3v) is 11.6. The Morgan fingerprint density at radius 1 is 0.411 bits per heavy atom. The monoisotopic (exact) mass is 713 g/mol. The molecule has 3 nitrogen and oxygen atoms in total. The van der Waals surface area contributed by atoms with Crippen molar-refractivity contribution in [1.82, 2.24) is 0 Å². The molecule has 0 saturated carbocycles. The molecule has 2 aliphatic heterocycles.